The fourth-order valence-corrected chi connectivity index (χ4v) is 3.85. The molecule has 0 aromatic heterocycles. The van der Waals surface area contributed by atoms with Crippen molar-refractivity contribution >= 4 is 11.9 Å². The molecule has 0 radical (unpaired) electrons. The van der Waals surface area contributed by atoms with E-state index in [1.165, 1.54) is 76.2 Å². The van der Waals surface area contributed by atoms with E-state index in [0.717, 1.165) is 24.8 Å². The summed E-state index contributed by atoms with van der Waals surface area (Å²) in [4.78, 5) is 21.1. The first kappa shape index (κ1) is 31.2. The number of carboxylic acid groups (broad SMARTS) is 2. The first-order valence-electron chi connectivity index (χ1n) is 13.3. The highest BCUT2D eigenvalue weighted by Crippen LogP contribution is 2.17. The van der Waals surface area contributed by atoms with Gasteiger partial charge in [0.2, 0.25) is 0 Å². The number of carboxylic acids is 2. The molecule has 2 N–H and O–H groups in total. The van der Waals surface area contributed by atoms with Crippen LogP contribution in [0.4, 0.5) is 0 Å². The molecule has 0 fully saturated rings. The average Bonchev–Trinajstić information content (AvgIpc) is 2.77. The monoisotopic (exact) mass is 462 g/mol. The second-order valence-corrected chi connectivity index (χ2v) is 9.79. The van der Waals surface area contributed by atoms with Crippen LogP contribution in [0.25, 0.3) is 0 Å². The second-order valence-electron chi connectivity index (χ2n) is 9.79. The van der Waals surface area contributed by atoms with Crippen molar-refractivity contribution in [2.45, 2.75) is 130 Å². The molecule has 1 aromatic rings. The third-order valence-electron chi connectivity index (χ3n) is 5.99. The van der Waals surface area contributed by atoms with Gasteiger partial charge in [0.05, 0.1) is 5.92 Å². The summed E-state index contributed by atoms with van der Waals surface area (Å²) in [6.07, 6.45) is 18.3. The van der Waals surface area contributed by atoms with Crippen LogP contribution >= 0.6 is 0 Å². The summed E-state index contributed by atoms with van der Waals surface area (Å²) in [5, 5.41) is 17.3. The van der Waals surface area contributed by atoms with E-state index in [9.17, 15) is 9.59 Å². The molecule has 190 valence electrons. The van der Waals surface area contributed by atoms with Crippen molar-refractivity contribution in [2.75, 3.05) is 0 Å². The molecule has 0 saturated carbocycles. The van der Waals surface area contributed by atoms with Gasteiger partial charge in [0.15, 0.2) is 0 Å². The van der Waals surface area contributed by atoms with Gasteiger partial charge in [-0.3, -0.25) is 9.59 Å². The minimum atomic E-state index is -0.772. The lowest BCUT2D eigenvalue weighted by molar-refractivity contribution is -0.138. The molecule has 33 heavy (non-hydrogen) atoms. The van der Waals surface area contributed by atoms with E-state index >= 15 is 0 Å². The maximum Gasteiger partial charge on any atom is 0.310 e. The molecule has 0 heterocycles. The Balaban J connectivity index is 0.000000629. The Morgan fingerprint density at radius 1 is 0.697 bits per heavy atom. The lowest BCUT2D eigenvalue weighted by Gasteiger charge is -2.09. The third-order valence-corrected chi connectivity index (χ3v) is 5.99. The average molecular weight is 463 g/mol. The van der Waals surface area contributed by atoms with Crippen molar-refractivity contribution in [2.24, 2.45) is 5.92 Å². The zero-order chi connectivity index (χ0) is 24.9. The van der Waals surface area contributed by atoms with Crippen molar-refractivity contribution in [3.05, 3.63) is 35.4 Å². The fourth-order valence-electron chi connectivity index (χ4n) is 3.85. The number of unbranched alkanes of at least 4 members (excludes halogenated alkanes) is 12. The van der Waals surface area contributed by atoms with Crippen LogP contribution in [0.1, 0.15) is 135 Å². The van der Waals surface area contributed by atoms with Crippen molar-refractivity contribution < 1.29 is 19.8 Å². The quantitative estimate of drug-likeness (QED) is 0.214. The summed E-state index contributed by atoms with van der Waals surface area (Å²) in [5.41, 5.74) is 2.14. The van der Waals surface area contributed by atoms with Gasteiger partial charge in [-0.25, -0.2) is 0 Å². The SMILES string of the molecule is CC(C)Cc1ccc(C(C)C(=O)O)cc1.CCCCCCCCCCCCCCCC(=O)O. The fraction of sp³-hybridized carbons (Fsp3) is 0.724. The summed E-state index contributed by atoms with van der Waals surface area (Å²) in [6.45, 7) is 8.32. The number of hydrogen-bond donors (Lipinski definition) is 2. The third kappa shape index (κ3) is 19.3. The Hall–Kier alpha value is -1.84. The van der Waals surface area contributed by atoms with Gasteiger partial charge in [0.25, 0.3) is 0 Å². The van der Waals surface area contributed by atoms with Gasteiger partial charge in [-0.05, 0) is 36.8 Å². The number of hydrogen-bond acceptors (Lipinski definition) is 2. The minimum absolute atomic E-state index is 0.345. The predicted molar refractivity (Wildman–Crippen MR) is 139 cm³/mol. The molecular weight excluding hydrogens is 412 g/mol. The summed E-state index contributed by atoms with van der Waals surface area (Å²) in [7, 11) is 0. The van der Waals surface area contributed by atoms with Gasteiger partial charge in [-0.15, -0.1) is 0 Å². The summed E-state index contributed by atoms with van der Waals surface area (Å²) >= 11 is 0. The number of rotatable bonds is 18. The summed E-state index contributed by atoms with van der Waals surface area (Å²) in [5.74, 6) is -1.21. The largest absolute Gasteiger partial charge is 0.481 e. The van der Waals surface area contributed by atoms with Gasteiger partial charge in [0, 0.05) is 6.42 Å². The van der Waals surface area contributed by atoms with E-state index in [1.54, 1.807) is 6.92 Å². The van der Waals surface area contributed by atoms with Gasteiger partial charge in [0.1, 0.15) is 0 Å². The van der Waals surface area contributed by atoms with Crippen LogP contribution < -0.4 is 0 Å². The van der Waals surface area contributed by atoms with Gasteiger partial charge < -0.3 is 10.2 Å². The zero-order valence-electron chi connectivity index (χ0n) is 21.8. The van der Waals surface area contributed by atoms with Gasteiger partial charge >= 0.3 is 11.9 Å². The van der Waals surface area contributed by atoms with Crippen LogP contribution in [0.3, 0.4) is 0 Å². The van der Waals surface area contributed by atoms with Gasteiger partial charge in [-0.2, -0.15) is 0 Å². The van der Waals surface area contributed by atoms with Crippen LogP contribution in [0, 0.1) is 5.92 Å². The van der Waals surface area contributed by atoms with E-state index in [2.05, 4.69) is 20.8 Å². The van der Waals surface area contributed by atoms with Crippen molar-refractivity contribution in [3.63, 3.8) is 0 Å². The lowest BCUT2D eigenvalue weighted by atomic mass is 9.97. The molecule has 1 rings (SSSR count). The Morgan fingerprint density at radius 3 is 1.48 bits per heavy atom. The maximum absolute atomic E-state index is 10.8. The molecule has 4 nitrogen and oxygen atoms in total. The van der Waals surface area contributed by atoms with E-state index in [4.69, 9.17) is 10.2 Å². The maximum atomic E-state index is 10.8. The summed E-state index contributed by atoms with van der Waals surface area (Å²) in [6, 6.07) is 7.87. The van der Waals surface area contributed by atoms with Crippen LogP contribution in [0.5, 0.6) is 0 Å². The van der Waals surface area contributed by atoms with Crippen molar-refractivity contribution in [1.82, 2.24) is 0 Å². The van der Waals surface area contributed by atoms with E-state index in [-0.39, 0.29) is 0 Å². The lowest BCUT2D eigenvalue weighted by Crippen LogP contribution is -2.07. The normalized spacial score (nSPS) is 11.7. The highest BCUT2D eigenvalue weighted by atomic mass is 16.4. The van der Waals surface area contributed by atoms with Crippen LogP contribution in [-0.4, -0.2) is 22.2 Å². The Bertz CT molecular complexity index is 607. The molecule has 0 amide bonds. The van der Waals surface area contributed by atoms with Crippen LogP contribution in [0.2, 0.25) is 0 Å². The molecule has 0 aliphatic carbocycles. The van der Waals surface area contributed by atoms with Gasteiger partial charge in [-0.1, -0.05) is 122 Å². The van der Waals surface area contributed by atoms with E-state index < -0.39 is 17.9 Å². The highest BCUT2D eigenvalue weighted by molar-refractivity contribution is 5.75. The predicted octanol–water partition coefficient (Wildman–Crippen LogP) is 8.63. The molecule has 0 spiro atoms. The Morgan fingerprint density at radius 2 is 1.12 bits per heavy atom. The van der Waals surface area contributed by atoms with Crippen molar-refractivity contribution in [1.29, 1.82) is 0 Å². The smallest absolute Gasteiger partial charge is 0.310 e. The van der Waals surface area contributed by atoms with Crippen LogP contribution in [0.15, 0.2) is 24.3 Å². The molecule has 0 aliphatic rings. The van der Waals surface area contributed by atoms with E-state index in [0.29, 0.717) is 12.3 Å². The molecule has 1 unspecified atom stereocenters. The molecular formula is C29H50O4. The first-order valence-corrected chi connectivity index (χ1v) is 13.3. The topological polar surface area (TPSA) is 74.6 Å². The number of carbonyl (C=O) groups is 2. The molecule has 0 bridgehead atoms. The molecule has 1 aromatic carbocycles. The van der Waals surface area contributed by atoms with E-state index in [1.807, 2.05) is 24.3 Å². The standard InChI is InChI=1S/C16H32O2.C13H18O2/c1-2-3-4-5-6-7-8-9-10-11-12-13-14-15-16(17)18;1-9(2)8-11-4-6-12(7-5-11)10(3)13(14)15/h2-15H2,1H3,(H,17,18);4-7,9-10H,8H2,1-3H3,(H,14,15). The van der Waals surface area contributed by atoms with Crippen LogP contribution in [-0.2, 0) is 16.0 Å². The Kier molecular flexibility index (Phi) is 19.6. The summed E-state index contributed by atoms with van der Waals surface area (Å²) < 4.78 is 0. The molecule has 0 aliphatic heterocycles. The minimum Gasteiger partial charge on any atom is -0.481 e. The zero-order valence-corrected chi connectivity index (χ0v) is 21.8. The highest BCUT2D eigenvalue weighted by Gasteiger charge is 2.12. The number of aliphatic carboxylic acids is 2. The van der Waals surface area contributed by atoms with Crippen molar-refractivity contribution in [3.8, 4) is 0 Å². The number of benzene rings is 1. The second kappa shape index (κ2) is 20.7. The Labute approximate surface area is 203 Å². The first-order chi connectivity index (χ1) is 15.8. The molecule has 1 atom stereocenters. The molecule has 0 saturated heterocycles. The molecule has 4 heteroatoms.